The van der Waals surface area contributed by atoms with E-state index in [1.807, 2.05) is 12.3 Å². The maximum atomic E-state index is 11.6. The fraction of sp³-hybridized carbons (Fsp3) is 0.467. The monoisotopic (exact) mass is 323 g/mol. The minimum absolute atomic E-state index is 0.123. The van der Waals surface area contributed by atoms with Gasteiger partial charge >= 0.3 is 6.03 Å². The summed E-state index contributed by atoms with van der Waals surface area (Å²) in [6.45, 7) is 2.72. The van der Waals surface area contributed by atoms with Crippen LogP contribution in [0.25, 0.3) is 0 Å². The lowest BCUT2D eigenvalue weighted by Gasteiger charge is -2.10. The van der Waals surface area contributed by atoms with Gasteiger partial charge in [0, 0.05) is 17.6 Å². The first-order chi connectivity index (χ1) is 10.6. The van der Waals surface area contributed by atoms with Crippen molar-refractivity contribution < 1.29 is 14.3 Å². The van der Waals surface area contributed by atoms with E-state index in [-0.39, 0.29) is 12.6 Å². The van der Waals surface area contributed by atoms with Crippen molar-refractivity contribution in [2.45, 2.75) is 32.3 Å². The van der Waals surface area contributed by atoms with Crippen LogP contribution in [0.15, 0.2) is 28.2 Å². The van der Waals surface area contributed by atoms with E-state index in [1.54, 1.807) is 23.5 Å². The largest absolute Gasteiger partial charge is 0.467 e. The van der Waals surface area contributed by atoms with Gasteiger partial charge < -0.3 is 20.2 Å². The number of carbonyl (C=O) groups is 1. The van der Waals surface area contributed by atoms with Gasteiger partial charge in [-0.25, -0.2) is 9.78 Å². The Bertz CT molecular complexity index is 568. The van der Waals surface area contributed by atoms with Gasteiger partial charge in [0.25, 0.3) is 0 Å². The molecule has 3 N–H and O–H groups in total. The molecule has 0 aliphatic rings. The number of aliphatic hydroxyl groups excluding tert-OH is 1. The van der Waals surface area contributed by atoms with Crippen LogP contribution in [0, 0.1) is 6.92 Å². The first-order valence-electron chi connectivity index (χ1n) is 7.29. The minimum Gasteiger partial charge on any atom is -0.467 e. The molecule has 1 atom stereocenters. The molecule has 0 bridgehead atoms. The molecule has 2 aromatic heterocycles. The zero-order valence-corrected chi connectivity index (χ0v) is 13.4. The third-order valence-electron chi connectivity index (χ3n) is 3.10. The Balaban J connectivity index is 1.52. The van der Waals surface area contributed by atoms with Crippen LogP contribution >= 0.6 is 11.3 Å². The first-order valence-corrected chi connectivity index (χ1v) is 8.17. The Morgan fingerprint density at radius 3 is 3.00 bits per heavy atom. The van der Waals surface area contributed by atoms with Gasteiger partial charge in [0.15, 0.2) is 0 Å². The Morgan fingerprint density at radius 1 is 1.45 bits per heavy atom. The maximum absolute atomic E-state index is 11.6. The van der Waals surface area contributed by atoms with Crippen molar-refractivity contribution in [2.75, 3.05) is 13.1 Å². The van der Waals surface area contributed by atoms with E-state index in [0.717, 1.165) is 30.0 Å². The number of furan rings is 1. The summed E-state index contributed by atoms with van der Waals surface area (Å²) in [5, 5.41) is 18.3. The van der Waals surface area contributed by atoms with Crippen molar-refractivity contribution >= 4 is 17.4 Å². The third-order valence-corrected chi connectivity index (χ3v) is 4.12. The Labute approximate surface area is 133 Å². The average Bonchev–Trinajstić information content (AvgIpc) is 3.16. The summed E-state index contributed by atoms with van der Waals surface area (Å²) in [5.41, 5.74) is 1.06. The van der Waals surface area contributed by atoms with Gasteiger partial charge in [0.2, 0.25) is 0 Å². The molecule has 0 fully saturated rings. The molecule has 0 aliphatic heterocycles. The average molecular weight is 323 g/mol. The van der Waals surface area contributed by atoms with Crippen LogP contribution in [-0.2, 0) is 6.42 Å². The highest BCUT2D eigenvalue weighted by molar-refractivity contribution is 7.09. The third kappa shape index (κ3) is 5.50. The molecule has 120 valence electrons. The highest BCUT2D eigenvalue weighted by atomic mass is 32.1. The number of urea groups is 1. The number of nitrogens with one attached hydrogen (secondary N) is 2. The number of aryl methyl sites for hydroxylation is 2. The number of carbonyl (C=O) groups excluding carboxylic acids is 1. The minimum atomic E-state index is -0.825. The van der Waals surface area contributed by atoms with E-state index >= 15 is 0 Å². The quantitative estimate of drug-likeness (QED) is 0.651. The van der Waals surface area contributed by atoms with Gasteiger partial charge in [0.1, 0.15) is 11.9 Å². The molecule has 0 aromatic carbocycles. The number of rotatable bonds is 8. The van der Waals surface area contributed by atoms with Crippen molar-refractivity contribution in [1.29, 1.82) is 0 Å². The van der Waals surface area contributed by atoms with Crippen molar-refractivity contribution in [3.8, 4) is 0 Å². The second-order valence-electron chi connectivity index (χ2n) is 5.01. The van der Waals surface area contributed by atoms with Crippen LogP contribution in [0.4, 0.5) is 4.79 Å². The molecule has 1 unspecified atom stereocenters. The molecule has 2 rings (SSSR count). The Hall–Kier alpha value is -1.86. The van der Waals surface area contributed by atoms with E-state index in [9.17, 15) is 9.90 Å². The van der Waals surface area contributed by atoms with Crippen LogP contribution in [-0.4, -0.2) is 29.2 Å². The summed E-state index contributed by atoms with van der Waals surface area (Å²) in [7, 11) is 0. The van der Waals surface area contributed by atoms with Crippen LogP contribution in [0.1, 0.15) is 35.4 Å². The fourth-order valence-corrected chi connectivity index (χ4v) is 2.77. The van der Waals surface area contributed by atoms with Crippen LogP contribution in [0.3, 0.4) is 0 Å². The molecule has 22 heavy (non-hydrogen) atoms. The van der Waals surface area contributed by atoms with E-state index in [1.165, 1.54) is 6.26 Å². The maximum Gasteiger partial charge on any atom is 0.314 e. The standard InChI is InChI=1S/C15H21N3O3S/c1-11-10-22-14(18-11)6-2-3-7-16-15(20)17-9-12(19)13-5-4-8-21-13/h4-5,8,10,12,19H,2-3,6-7,9H2,1H3,(H2,16,17,20). The molecule has 0 saturated heterocycles. The molecule has 6 nitrogen and oxygen atoms in total. The van der Waals surface area contributed by atoms with Crippen LogP contribution in [0.2, 0.25) is 0 Å². The van der Waals surface area contributed by atoms with E-state index in [4.69, 9.17) is 4.42 Å². The zero-order chi connectivity index (χ0) is 15.8. The molecular weight excluding hydrogens is 302 g/mol. The van der Waals surface area contributed by atoms with Crippen molar-refractivity contribution in [1.82, 2.24) is 15.6 Å². The van der Waals surface area contributed by atoms with Gasteiger partial charge in [-0.05, 0) is 38.3 Å². The Kier molecular flexibility index (Phi) is 6.42. The molecule has 0 saturated carbocycles. The number of unbranched alkanes of at least 4 members (excludes halogenated alkanes) is 1. The highest BCUT2D eigenvalue weighted by Crippen LogP contribution is 2.12. The number of aliphatic hydroxyl groups is 1. The fourth-order valence-electron chi connectivity index (χ4n) is 1.95. The molecule has 2 amide bonds. The SMILES string of the molecule is Cc1csc(CCCCNC(=O)NCC(O)c2ccco2)n1. The number of nitrogens with zero attached hydrogens (tertiary/aromatic N) is 1. The molecule has 2 heterocycles. The number of hydrogen-bond donors (Lipinski definition) is 3. The molecular formula is C15H21N3O3S. The highest BCUT2D eigenvalue weighted by Gasteiger charge is 2.11. The number of aromatic nitrogens is 1. The van der Waals surface area contributed by atoms with Gasteiger partial charge in [-0.2, -0.15) is 0 Å². The smallest absolute Gasteiger partial charge is 0.314 e. The predicted molar refractivity (Wildman–Crippen MR) is 84.9 cm³/mol. The lowest BCUT2D eigenvalue weighted by molar-refractivity contribution is 0.148. The van der Waals surface area contributed by atoms with Crippen molar-refractivity contribution in [2.24, 2.45) is 0 Å². The lowest BCUT2D eigenvalue weighted by atomic mass is 10.2. The molecule has 0 radical (unpaired) electrons. The molecule has 2 aromatic rings. The van der Waals surface area contributed by atoms with E-state index in [0.29, 0.717) is 12.3 Å². The number of amides is 2. The van der Waals surface area contributed by atoms with Gasteiger partial charge in [-0.3, -0.25) is 0 Å². The number of hydrogen-bond acceptors (Lipinski definition) is 5. The van der Waals surface area contributed by atoms with Crippen LogP contribution < -0.4 is 10.6 Å². The van der Waals surface area contributed by atoms with Gasteiger partial charge in [-0.15, -0.1) is 11.3 Å². The molecule has 7 heteroatoms. The van der Waals surface area contributed by atoms with E-state index < -0.39 is 6.10 Å². The Morgan fingerprint density at radius 2 is 2.32 bits per heavy atom. The van der Waals surface area contributed by atoms with Gasteiger partial charge in [0.05, 0.1) is 17.8 Å². The predicted octanol–water partition coefficient (Wildman–Crippen LogP) is 2.40. The summed E-state index contributed by atoms with van der Waals surface area (Å²) in [4.78, 5) is 16.0. The van der Waals surface area contributed by atoms with Crippen molar-refractivity contribution in [3.05, 3.63) is 40.2 Å². The second kappa shape index (κ2) is 8.55. The van der Waals surface area contributed by atoms with E-state index in [2.05, 4.69) is 15.6 Å². The van der Waals surface area contributed by atoms with Crippen LogP contribution in [0.5, 0.6) is 0 Å². The number of thiazole rings is 1. The lowest BCUT2D eigenvalue weighted by Crippen LogP contribution is -2.38. The zero-order valence-electron chi connectivity index (χ0n) is 12.5. The first kappa shape index (κ1) is 16.5. The van der Waals surface area contributed by atoms with Crippen molar-refractivity contribution in [3.63, 3.8) is 0 Å². The molecule has 0 aliphatic carbocycles. The normalized spacial score (nSPS) is 12.1. The summed E-state index contributed by atoms with van der Waals surface area (Å²) < 4.78 is 5.06. The van der Waals surface area contributed by atoms with Gasteiger partial charge in [-0.1, -0.05) is 0 Å². The molecule has 0 spiro atoms. The topological polar surface area (TPSA) is 87.4 Å². The summed E-state index contributed by atoms with van der Waals surface area (Å²) in [6, 6.07) is 3.09. The second-order valence-corrected chi connectivity index (χ2v) is 5.95. The summed E-state index contributed by atoms with van der Waals surface area (Å²) >= 11 is 1.68. The summed E-state index contributed by atoms with van der Waals surface area (Å²) in [5.74, 6) is 0.444. The summed E-state index contributed by atoms with van der Waals surface area (Å²) in [6.07, 6.45) is 3.49.